The molecule has 0 atom stereocenters. The van der Waals surface area contributed by atoms with Crippen molar-refractivity contribution in [2.75, 3.05) is 12.4 Å². The van der Waals surface area contributed by atoms with Crippen molar-refractivity contribution >= 4 is 39.9 Å². The lowest BCUT2D eigenvalue weighted by Gasteiger charge is -2.17. The highest BCUT2D eigenvalue weighted by molar-refractivity contribution is 6.15. The molecule has 36 heavy (non-hydrogen) atoms. The number of carboxylic acids is 1. The lowest BCUT2D eigenvalue weighted by molar-refractivity contribution is 0.0689. The number of methoxy groups -OCH3 is 1. The molecule has 2 aromatic carbocycles. The second-order valence-electron chi connectivity index (χ2n) is 8.42. The van der Waals surface area contributed by atoms with Gasteiger partial charge in [-0.3, -0.25) is 14.6 Å². The number of amides is 1. The number of aromatic nitrogens is 2. The van der Waals surface area contributed by atoms with Crippen LogP contribution in [0, 0.1) is 0 Å². The number of para-hydroxylation sites is 1. The fraction of sp³-hybridized carbons (Fsp3) is 0.148. The first-order valence-corrected chi connectivity index (χ1v) is 11.3. The number of ketones is 1. The number of benzene rings is 2. The van der Waals surface area contributed by atoms with Gasteiger partial charge in [-0.25, -0.2) is 9.78 Å². The summed E-state index contributed by atoms with van der Waals surface area (Å²) in [4.78, 5) is 45.9. The lowest BCUT2D eigenvalue weighted by atomic mass is 9.99. The Balaban J connectivity index is 1.65. The number of nitrogens with one attached hydrogen (secondary N) is 2. The molecule has 0 aliphatic heterocycles. The smallest absolute Gasteiger partial charge is 0.354 e. The molecular formula is C27H22N4O5. The van der Waals surface area contributed by atoms with Crippen molar-refractivity contribution in [3.8, 4) is 5.75 Å². The van der Waals surface area contributed by atoms with Gasteiger partial charge in [-0.05, 0) is 43.2 Å². The van der Waals surface area contributed by atoms with E-state index in [1.807, 2.05) is 30.3 Å². The van der Waals surface area contributed by atoms with Gasteiger partial charge in [-0.1, -0.05) is 18.2 Å². The summed E-state index contributed by atoms with van der Waals surface area (Å²) in [6.45, 7) is 0. The predicted octanol–water partition coefficient (Wildman–Crippen LogP) is 4.20. The van der Waals surface area contributed by atoms with Gasteiger partial charge in [0.2, 0.25) is 0 Å². The Morgan fingerprint density at radius 2 is 1.75 bits per heavy atom. The Bertz CT molecular complexity index is 1480. The van der Waals surface area contributed by atoms with Gasteiger partial charge in [0.25, 0.3) is 5.91 Å². The SMILES string of the molecule is COc1cc2ncc(C(=O)NC3CC3)c(Nc3ccccc3)c2cc1C(=O)c1ccc(C(=O)O)nc1. The minimum atomic E-state index is -1.18. The van der Waals surface area contributed by atoms with Crippen LogP contribution in [0.5, 0.6) is 5.75 Å². The maximum Gasteiger partial charge on any atom is 0.354 e. The number of carboxylic acid groups (broad SMARTS) is 1. The number of aromatic carboxylic acids is 1. The van der Waals surface area contributed by atoms with Gasteiger partial charge in [0.05, 0.1) is 29.4 Å². The third kappa shape index (κ3) is 4.58. The molecule has 9 nitrogen and oxygen atoms in total. The van der Waals surface area contributed by atoms with Crippen LogP contribution < -0.4 is 15.4 Å². The largest absolute Gasteiger partial charge is 0.496 e. The van der Waals surface area contributed by atoms with Crippen LogP contribution >= 0.6 is 0 Å². The molecule has 0 radical (unpaired) electrons. The number of anilines is 2. The van der Waals surface area contributed by atoms with E-state index in [1.165, 1.54) is 31.6 Å². The molecule has 4 aromatic rings. The summed E-state index contributed by atoms with van der Waals surface area (Å²) in [7, 11) is 1.45. The van der Waals surface area contributed by atoms with Crippen LogP contribution in [0.1, 0.15) is 49.6 Å². The Morgan fingerprint density at radius 3 is 2.39 bits per heavy atom. The minimum absolute atomic E-state index is 0.159. The molecule has 0 unspecified atom stereocenters. The molecule has 1 aliphatic carbocycles. The zero-order valence-electron chi connectivity index (χ0n) is 19.3. The molecule has 1 fully saturated rings. The fourth-order valence-corrected chi connectivity index (χ4v) is 3.84. The van der Waals surface area contributed by atoms with E-state index in [9.17, 15) is 14.4 Å². The van der Waals surface area contributed by atoms with E-state index in [-0.39, 0.29) is 28.8 Å². The molecular weight excluding hydrogens is 460 g/mol. The molecule has 1 saturated carbocycles. The Labute approximate surface area is 206 Å². The first-order chi connectivity index (χ1) is 17.4. The number of carbonyl (C=O) groups is 3. The summed E-state index contributed by atoms with van der Waals surface area (Å²) in [6.07, 6.45) is 4.62. The van der Waals surface area contributed by atoms with Crippen LogP contribution in [-0.4, -0.2) is 45.9 Å². The van der Waals surface area contributed by atoms with Crippen LogP contribution in [0.3, 0.4) is 0 Å². The number of carbonyl (C=O) groups excluding carboxylic acids is 2. The van der Waals surface area contributed by atoms with Gasteiger partial charge in [-0.15, -0.1) is 0 Å². The van der Waals surface area contributed by atoms with Crippen LogP contribution in [0.25, 0.3) is 10.9 Å². The Hall–Kier alpha value is -4.79. The molecule has 1 amide bonds. The highest BCUT2D eigenvalue weighted by Gasteiger charge is 2.27. The van der Waals surface area contributed by atoms with E-state index < -0.39 is 11.8 Å². The number of nitrogens with zero attached hydrogens (tertiary/aromatic N) is 2. The molecule has 180 valence electrons. The van der Waals surface area contributed by atoms with Crippen molar-refractivity contribution in [3.63, 3.8) is 0 Å². The molecule has 1 aliphatic rings. The fourth-order valence-electron chi connectivity index (χ4n) is 3.84. The van der Waals surface area contributed by atoms with Crippen molar-refractivity contribution in [1.82, 2.24) is 15.3 Å². The van der Waals surface area contributed by atoms with Crippen LogP contribution in [0.4, 0.5) is 11.4 Å². The maximum absolute atomic E-state index is 13.4. The lowest BCUT2D eigenvalue weighted by Crippen LogP contribution is -2.26. The quantitative estimate of drug-likeness (QED) is 0.319. The monoisotopic (exact) mass is 482 g/mol. The molecule has 2 heterocycles. The minimum Gasteiger partial charge on any atom is -0.496 e. The summed E-state index contributed by atoms with van der Waals surface area (Å²) in [6, 6.07) is 15.5. The topological polar surface area (TPSA) is 131 Å². The van der Waals surface area contributed by atoms with Crippen molar-refractivity contribution in [2.24, 2.45) is 0 Å². The van der Waals surface area contributed by atoms with E-state index in [4.69, 9.17) is 9.84 Å². The van der Waals surface area contributed by atoms with Crippen LogP contribution in [-0.2, 0) is 0 Å². The van der Waals surface area contributed by atoms with Gasteiger partial charge in [0, 0.05) is 41.1 Å². The second-order valence-corrected chi connectivity index (χ2v) is 8.42. The summed E-state index contributed by atoms with van der Waals surface area (Å²) < 4.78 is 5.48. The highest BCUT2D eigenvalue weighted by Crippen LogP contribution is 2.35. The van der Waals surface area contributed by atoms with Gasteiger partial charge in [-0.2, -0.15) is 0 Å². The van der Waals surface area contributed by atoms with Gasteiger partial charge < -0.3 is 20.5 Å². The normalized spacial score (nSPS) is 12.7. The summed E-state index contributed by atoms with van der Waals surface area (Å²) in [5, 5.41) is 16.0. The average molecular weight is 482 g/mol. The van der Waals surface area contributed by atoms with Gasteiger partial charge >= 0.3 is 5.97 Å². The molecule has 0 saturated heterocycles. The predicted molar refractivity (Wildman–Crippen MR) is 133 cm³/mol. The number of hydrogen-bond acceptors (Lipinski definition) is 7. The summed E-state index contributed by atoms with van der Waals surface area (Å²) >= 11 is 0. The zero-order chi connectivity index (χ0) is 25.2. The number of hydrogen-bond donors (Lipinski definition) is 3. The molecule has 0 bridgehead atoms. The maximum atomic E-state index is 13.4. The zero-order valence-corrected chi connectivity index (χ0v) is 19.3. The number of fused-ring (bicyclic) bond motifs is 1. The first kappa shape index (κ1) is 23.0. The van der Waals surface area contributed by atoms with Crippen molar-refractivity contribution < 1.29 is 24.2 Å². The van der Waals surface area contributed by atoms with Crippen molar-refractivity contribution in [2.45, 2.75) is 18.9 Å². The van der Waals surface area contributed by atoms with E-state index >= 15 is 0 Å². The highest BCUT2D eigenvalue weighted by atomic mass is 16.5. The molecule has 3 N–H and O–H groups in total. The van der Waals surface area contributed by atoms with Crippen molar-refractivity contribution in [3.05, 3.63) is 89.4 Å². The van der Waals surface area contributed by atoms with E-state index in [0.29, 0.717) is 27.9 Å². The first-order valence-electron chi connectivity index (χ1n) is 11.3. The Kier molecular flexibility index (Phi) is 6.03. The third-order valence-corrected chi connectivity index (χ3v) is 5.88. The standard InChI is InChI=1S/C27H22N4O5/c1-36-23-12-22-18(11-19(23)25(32)15-7-10-21(27(34)35)28-13-15)24(30-16-5-3-2-4-6-16)20(14-29-22)26(33)31-17-8-9-17/h2-7,10-14,17H,8-9H2,1H3,(H,29,30)(H,31,33)(H,34,35). The van der Waals surface area contributed by atoms with E-state index in [0.717, 1.165) is 18.5 Å². The summed E-state index contributed by atoms with van der Waals surface area (Å²) in [5.74, 6) is -1.54. The van der Waals surface area contributed by atoms with Gasteiger partial charge in [0.15, 0.2) is 5.78 Å². The van der Waals surface area contributed by atoms with Crippen LogP contribution in [0.2, 0.25) is 0 Å². The number of ether oxygens (including phenoxy) is 1. The number of rotatable bonds is 8. The van der Waals surface area contributed by atoms with E-state index in [1.54, 1.807) is 12.1 Å². The Morgan fingerprint density at radius 1 is 0.972 bits per heavy atom. The van der Waals surface area contributed by atoms with Crippen molar-refractivity contribution in [1.29, 1.82) is 0 Å². The second kappa shape index (κ2) is 9.46. The third-order valence-electron chi connectivity index (χ3n) is 5.88. The van der Waals surface area contributed by atoms with E-state index in [2.05, 4.69) is 20.6 Å². The average Bonchev–Trinajstić information content (AvgIpc) is 3.72. The molecule has 5 rings (SSSR count). The van der Waals surface area contributed by atoms with Gasteiger partial charge in [0.1, 0.15) is 11.4 Å². The summed E-state index contributed by atoms with van der Waals surface area (Å²) in [5.41, 5.74) is 2.43. The molecule has 9 heteroatoms. The van der Waals surface area contributed by atoms with Crippen LogP contribution in [0.15, 0.2) is 67.0 Å². The molecule has 0 spiro atoms. The molecule has 2 aromatic heterocycles. The number of pyridine rings is 2.